The van der Waals surface area contributed by atoms with Crippen molar-refractivity contribution in [3.8, 4) is 0 Å². The highest BCUT2D eigenvalue weighted by atomic mass is 15.3. The smallest absolute Gasteiger partial charge is 0.233 e. The minimum absolute atomic E-state index is 0.0821. The van der Waals surface area contributed by atoms with Gasteiger partial charge in [0.2, 0.25) is 17.8 Å². The van der Waals surface area contributed by atoms with E-state index in [2.05, 4.69) is 30.9 Å². The van der Waals surface area contributed by atoms with Crippen molar-refractivity contribution in [3.05, 3.63) is 78.4 Å². The van der Waals surface area contributed by atoms with Crippen molar-refractivity contribution in [3.63, 3.8) is 0 Å². The normalized spacial score (nSPS) is 11.5. The lowest BCUT2D eigenvalue weighted by atomic mass is 10.1. The lowest BCUT2D eigenvalue weighted by Gasteiger charge is -2.16. The number of nitrogen functional groups attached to an aromatic ring is 3. The molecule has 0 saturated carbocycles. The summed E-state index contributed by atoms with van der Waals surface area (Å²) in [6.07, 6.45) is 0. The molecule has 3 aromatic carbocycles. The Morgan fingerprint density at radius 2 is 1.09 bits per heavy atom. The van der Waals surface area contributed by atoms with Gasteiger partial charge in [-0.3, -0.25) is 0 Å². The van der Waals surface area contributed by atoms with Crippen LogP contribution in [0.4, 0.5) is 46.3 Å². The molecule has 0 aliphatic rings. The summed E-state index contributed by atoms with van der Waals surface area (Å²) in [6.45, 7) is 2.01. The number of nitrogens with one attached hydrogen (secondary N) is 3. The van der Waals surface area contributed by atoms with E-state index in [1.54, 1.807) is 12.1 Å². The highest BCUT2D eigenvalue weighted by Crippen LogP contribution is 2.23. The van der Waals surface area contributed by atoms with Crippen LogP contribution in [0.5, 0.6) is 0 Å². The van der Waals surface area contributed by atoms with Crippen LogP contribution >= 0.6 is 0 Å². The van der Waals surface area contributed by atoms with Gasteiger partial charge in [-0.05, 0) is 61.0 Å². The van der Waals surface area contributed by atoms with Crippen LogP contribution in [-0.2, 0) is 0 Å². The third-order valence-electron chi connectivity index (χ3n) is 4.68. The Kier molecular flexibility index (Phi) is 5.89. The summed E-state index contributed by atoms with van der Waals surface area (Å²) in [6, 6.07) is 22.3. The zero-order chi connectivity index (χ0) is 22.5. The van der Waals surface area contributed by atoms with Gasteiger partial charge in [-0.25, -0.2) is 0 Å². The summed E-state index contributed by atoms with van der Waals surface area (Å²) in [7, 11) is 0. The number of benzene rings is 3. The van der Waals surface area contributed by atoms with E-state index in [0.29, 0.717) is 34.9 Å². The first-order valence-corrected chi connectivity index (χ1v) is 10.1. The molecule has 0 amide bonds. The van der Waals surface area contributed by atoms with E-state index in [4.69, 9.17) is 17.2 Å². The molecule has 9 nitrogen and oxygen atoms in total. The van der Waals surface area contributed by atoms with Crippen LogP contribution in [0.1, 0.15) is 18.5 Å². The van der Waals surface area contributed by atoms with Crippen LogP contribution in [0.2, 0.25) is 0 Å². The van der Waals surface area contributed by atoms with Crippen LogP contribution in [0.3, 0.4) is 0 Å². The molecule has 4 rings (SSSR count). The van der Waals surface area contributed by atoms with E-state index in [9.17, 15) is 0 Å². The molecule has 1 aromatic heterocycles. The minimum Gasteiger partial charge on any atom is -0.399 e. The molecule has 9 heteroatoms. The quantitative estimate of drug-likeness (QED) is 0.237. The topological polar surface area (TPSA) is 153 Å². The Morgan fingerprint density at radius 3 is 1.59 bits per heavy atom. The summed E-state index contributed by atoms with van der Waals surface area (Å²) in [5.74, 6) is 1.12. The lowest BCUT2D eigenvalue weighted by Crippen LogP contribution is -2.13. The molecule has 0 bridgehead atoms. The maximum absolute atomic E-state index is 5.92. The Hall–Kier alpha value is -4.53. The maximum atomic E-state index is 5.92. The number of hydrogen-bond acceptors (Lipinski definition) is 9. The summed E-state index contributed by atoms with van der Waals surface area (Å²) in [5, 5.41) is 9.67. The Morgan fingerprint density at radius 1 is 0.625 bits per heavy atom. The van der Waals surface area contributed by atoms with Gasteiger partial charge in [-0.2, -0.15) is 15.0 Å². The molecule has 0 radical (unpaired) electrons. The first-order chi connectivity index (χ1) is 15.4. The van der Waals surface area contributed by atoms with Gasteiger partial charge in [0.1, 0.15) is 0 Å². The summed E-state index contributed by atoms with van der Waals surface area (Å²) in [4.78, 5) is 13.5. The fraction of sp³-hybridized carbons (Fsp3) is 0.0870. The van der Waals surface area contributed by atoms with E-state index < -0.39 is 0 Å². The molecule has 162 valence electrons. The van der Waals surface area contributed by atoms with Gasteiger partial charge in [0.25, 0.3) is 0 Å². The largest absolute Gasteiger partial charge is 0.399 e. The van der Waals surface area contributed by atoms with Gasteiger partial charge in [-0.15, -0.1) is 0 Å². The van der Waals surface area contributed by atoms with Crippen LogP contribution < -0.4 is 33.2 Å². The molecular weight excluding hydrogens is 402 g/mol. The predicted octanol–water partition coefficient (Wildman–Crippen LogP) is 4.28. The predicted molar refractivity (Wildman–Crippen MR) is 131 cm³/mol. The Balaban J connectivity index is 1.64. The van der Waals surface area contributed by atoms with Gasteiger partial charge in [-0.1, -0.05) is 24.3 Å². The SMILES string of the molecule is CC(Nc1nc(Nc2cccc(N)c2)nc(Nc2cccc(N)c2)n1)c1cccc(N)c1. The van der Waals surface area contributed by atoms with E-state index in [0.717, 1.165) is 16.9 Å². The van der Waals surface area contributed by atoms with Gasteiger partial charge in [0.15, 0.2) is 0 Å². The molecule has 4 aromatic rings. The van der Waals surface area contributed by atoms with Crippen molar-refractivity contribution in [2.45, 2.75) is 13.0 Å². The number of aromatic nitrogens is 3. The number of anilines is 8. The van der Waals surface area contributed by atoms with Crippen molar-refractivity contribution < 1.29 is 0 Å². The zero-order valence-corrected chi connectivity index (χ0v) is 17.6. The number of nitrogens with two attached hydrogens (primary N) is 3. The summed E-state index contributed by atoms with van der Waals surface area (Å²) in [5.41, 5.74) is 22.2. The van der Waals surface area contributed by atoms with Crippen LogP contribution in [0.15, 0.2) is 72.8 Å². The fourth-order valence-corrected chi connectivity index (χ4v) is 3.15. The molecule has 32 heavy (non-hydrogen) atoms. The van der Waals surface area contributed by atoms with Crippen molar-refractivity contribution in [1.29, 1.82) is 0 Å². The van der Waals surface area contributed by atoms with Crippen molar-refractivity contribution in [1.82, 2.24) is 15.0 Å². The van der Waals surface area contributed by atoms with Crippen molar-refractivity contribution in [2.75, 3.05) is 33.2 Å². The fourth-order valence-electron chi connectivity index (χ4n) is 3.15. The molecule has 0 fully saturated rings. The van der Waals surface area contributed by atoms with Crippen molar-refractivity contribution in [2.24, 2.45) is 0 Å². The Bertz CT molecular complexity index is 1160. The molecule has 1 heterocycles. The second-order valence-electron chi connectivity index (χ2n) is 7.34. The van der Waals surface area contributed by atoms with Gasteiger partial charge < -0.3 is 33.2 Å². The monoisotopic (exact) mass is 427 g/mol. The summed E-state index contributed by atoms with van der Waals surface area (Å²) < 4.78 is 0. The van der Waals surface area contributed by atoms with E-state index >= 15 is 0 Å². The molecule has 0 aliphatic carbocycles. The minimum atomic E-state index is -0.0821. The average molecular weight is 428 g/mol. The van der Waals surface area contributed by atoms with E-state index in [-0.39, 0.29) is 6.04 Å². The second kappa shape index (κ2) is 9.09. The first kappa shape index (κ1) is 20.7. The zero-order valence-electron chi connectivity index (χ0n) is 17.6. The highest BCUT2D eigenvalue weighted by Gasteiger charge is 2.12. The molecule has 0 spiro atoms. The highest BCUT2D eigenvalue weighted by molar-refractivity contribution is 5.63. The number of rotatable bonds is 7. The second-order valence-corrected chi connectivity index (χ2v) is 7.34. The van der Waals surface area contributed by atoms with Gasteiger partial charge in [0.05, 0.1) is 6.04 Å². The number of nitrogens with zero attached hydrogens (tertiary/aromatic N) is 3. The average Bonchev–Trinajstić information content (AvgIpc) is 2.73. The molecule has 1 atom stereocenters. The van der Waals surface area contributed by atoms with Crippen LogP contribution in [0.25, 0.3) is 0 Å². The molecule has 0 saturated heterocycles. The van der Waals surface area contributed by atoms with Crippen LogP contribution in [-0.4, -0.2) is 15.0 Å². The third kappa shape index (κ3) is 5.33. The maximum Gasteiger partial charge on any atom is 0.233 e. The third-order valence-corrected chi connectivity index (χ3v) is 4.68. The summed E-state index contributed by atoms with van der Waals surface area (Å²) >= 11 is 0. The standard InChI is InChI=1S/C23H25N9/c1-14(15-5-2-6-16(24)11-15)27-21-30-22(28-19-9-3-7-17(25)12-19)32-23(31-21)29-20-10-4-8-18(26)13-20/h2-14H,24-26H2,1H3,(H3,27,28,29,30,31,32). The van der Waals surface area contributed by atoms with Crippen LogP contribution in [0, 0.1) is 0 Å². The molecule has 9 N–H and O–H groups in total. The number of hydrogen-bond donors (Lipinski definition) is 6. The first-order valence-electron chi connectivity index (χ1n) is 10.1. The van der Waals surface area contributed by atoms with Gasteiger partial charge in [0, 0.05) is 28.4 Å². The molecule has 0 aliphatic heterocycles. The van der Waals surface area contributed by atoms with E-state index in [1.807, 2.05) is 67.6 Å². The van der Waals surface area contributed by atoms with Crippen molar-refractivity contribution >= 4 is 46.3 Å². The molecule has 1 unspecified atom stereocenters. The van der Waals surface area contributed by atoms with Gasteiger partial charge >= 0.3 is 0 Å². The Labute approximate surface area is 186 Å². The lowest BCUT2D eigenvalue weighted by molar-refractivity contribution is 0.857. The molecular formula is C23H25N9. The van der Waals surface area contributed by atoms with E-state index in [1.165, 1.54) is 0 Å².